The van der Waals surface area contributed by atoms with Crippen molar-refractivity contribution < 1.29 is 0 Å². The zero-order chi connectivity index (χ0) is 16.1. The summed E-state index contributed by atoms with van der Waals surface area (Å²) in [5, 5.41) is 0. The zero-order valence-corrected chi connectivity index (χ0v) is 14.2. The van der Waals surface area contributed by atoms with Crippen molar-refractivity contribution in [2.24, 2.45) is 0 Å². The third-order valence-electron chi connectivity index (χ3n) is 3.11. The van der Waals surface area contributed by atoms with Gasteiger partial charge in [-0.3, -0.25) is 0 Å². The Morgan fingerprint density at radius 1 is 0.545 bits per heavy atom. The lowest BCUT2D eigenvalue weighted by molar-refractivity contribution is 0.611. The SMILES string of the molecule is C=CC=CC=CC=CC=CC=CC=CCCCCCCCC. The highest BCUT2D eigenvalue weighted by atomic mass is 13.9. The second-order valence-electron chi connectivity index (χ2n) is 5.14. The molecule has 22 heavy (non-hydrogen) atoms. The number of allylic oxidation sites excluding steroid dienone is 13. The molecule has 0 rings (SSSR count). The standard InChI is InChI=1S/C22H32/c1-3-5-7-9-11-13-15-17-19-21-22-20-18-16-14-12-10-8-6-4-2/h3,5,7,9,11,13,15,17-22H,1,4,6,8,10,12,14,16H2,2H3. The average Bonchev–Trinajstić information content (AvgIpc) is 2.54. The van der Waals surface area contributed by atoms with E-state index in [2.05, 4.69) is 37.8 Å². The lowest BCUT2D eigenvalue weighted by atomic mass is 10.1. The van der Waals surface area contributed by atoms with E-state index in [0.29, 0.717) is 0 Å². The van der Waals surface area contributed by atoms with Gasteiger partial charge in [0.15, 0.2) is 0 Å². The van der Waals surface area contributed by atoms with Gasteiger partial charge in [-0.25, -0.2) is 0 Å². The molecule has 0 N–H and O–H groups in total. The molecule has 0 aliphatic heterocycles. The Kier molecular flexibility index (Phi) is 17.6. The summed E-state index contributed by atoms with van der Waals surface area (Å²) in [6.45, 7) is 5.87. The van der Waals surface area contributed by atoms with Gasteiger partial charge < -0.3 is 0 Å². The quantitative estimate of drug-likeness (QED) is 0.248. The highest BCUT2D eigenvalue weighted by molar-refractivity contribution is 5.20. The minimum absolute atomic E-state index is 1.20. The van der Waals surface area contributed by atoms with Crippen LogP contribution >= 0.6 is 0 Å². The Morgan fingerprint density at radius 2 is 1.00 bits per heavy atom. The fourth-order valence-corrected chi connectivity index (χ4v) is 1.87. The van der Waals surface area contributed by atoms with Gasteiger partial charge in [0.05, 0.1) is 0 Å². The van der Waals surface area contributed by atoms with Gasteiger partial charge >= 0.3 is 0 Å². The minimum atomic E-state index is 1.20. The first-order chi connectivity index (χ1) is 10.9. The fraction of sp³-hybridized carbons (Fsp3) is 0.364. The maximum absolute atomic E-state index is 3.61. The molecule has 0 atom stereocenters. The maximum atomic E-state index is 3.61. The van der Waals surface area contributed by atoms with Crippen molar-refractivity contribution in [3.8, 4) is 0 Å². The summed E-state index contributed by atoms with van der Waals surface area (Å²) in [4.78, 5) is 0. The van der Waals surface area contributed by atoms with Crippen LogP contribution in [0, 0.1) is 0 Å². The molecule has 0 unspecified atom stereocenters. The summed E-state index contributed by atoms with van der Waals surface area (Å²) in [5.41, 5.74) is 0. The smallest absolute Gasteiger partial charge is 0.0348 e. The van der Waals surface area contributed by atoms with Crippen LogP contribution in [0.2, 0.25) is 0 Å². The molecule has 0 nitrogen and oxygen atoms in total. The molecule has 0 amide bonds. The van der Waals surface area contributed by atoms with Gasteiger partial charge in [0.2, 0.25) is 0 Å². The Hall–Kier alpha value is -1.82. The molecule has 0 saturated carbocycles. The number of hydrogen-bond donors (Lipinski definition) is 0. The first-order valence-electron chi connectivity index (χ1n) is 8.52. The predicted octanol–water partition coefficient (Wildman–Crippen LogP) is 7.26. The van der Waals surface area contributed by atoms with Gasteiger partial charge in [-0.05, 0) is 12.8 Å². The molecule has 0 aliphatic carbocycles. The van der Waals surface area contributed by atoms with Crippen molar-refractivity contribution in [2.75, 3.05) is 0 Å². The van der Waals surface area contributed by atoms with Gasteiger partial charge in [0.25, 0.3) is 0 Å². The molecule has 120 valence electrons. The highest BCUT2D eigenvalue weighted by Crippen LogP contribution is 2.07. The topological polar surface area (TPSA) is 0 Å². The van der Waals surface area contributed by atoms with E-state index in [0.717, 1.165) is 0 Å². The minimum Gasteiger partial charge on any atom is -0.0991 e. The molecule has 0 radical (unpaired) electrons. The van der Waals surface area contributed by atoms with Crippen LogP contribution in [0.5, 0.6) is 0 Å². The van der Waals surface area contributed by atoms with Crippen molar-refractivity contribution in [3.63, 3.8) is 0 Å². The Bertz CT molecular complexity index is 400. The Balaban J connectivity index is 3.55. The van der Waals surface area contributed by atoms with Crippen molar-refractivity contribution in [2.45, 2.75) is 51.9 Å². The second kappa shape index (κ2) is 19.2. The normalized spacial score (nSPS) is 13.1. The fourth-order valence-electron chi connectivity index (χ4n) is 1.87. The van der Waals surface area contributed by atoms with E-state index in [4.69, 9.17) is 0 Å². The molecule has 0 aromatic carbocycles. The van der Waals surface area contributed by atoms with Crippen molar-refractivity contribution in [3.05, 3.63) is 85.6 Å². The Labute approximate surface area is 138 Å². The third kappa shape index (κ3) is 18.2. The van der Waals surface area contributed by atoms with E-state index in [1.165, 1.54) is 44.9 Å². The van der Waals surface area contributed by atoms with E-state index in [1.807, 2.05) is 48.6 Å². The molecule has 0 heterocycles. The van der Waals surface area contributed by atoms with Crippen LogP contribution < -0.4 is 0 Å². The first kappa shape index (κ1) is 20.2. The largest absolute Gasteiger partial charge is 0.0991 e. The lowest BCUT2D eigenvalue weighted by Crippen LogP contribution is -1.77. The Morgan fingerprint density at radius 3 is 1.55 bits per heavy atom. The first-order valence-corrected chi connectivity index (χ1v) is 8.52. The van der Waals surface area contributed by atoms with Crippen LogP contribution in [0.4, 0.5) is 0 Å². The van der Waals surface area contributed by atoms with Crippen LogP contribution in [0.3, 0.4) is 0 Å². The molecule has 0 aliphatic rings. The molecule has 0 bridgehead atoms. The van der Waals surface area contributed by atoms with Crippen LogP contribution in [0.25, 0.3) is 0 Å². The van der Waals surface area contributed by atoms with Gasteiger partial charge in [0.1, 0.15) is 0 Å². The summed E-state index contributed by atoms with van der Waals surface area (Å²) < 4.78 is 0. The van der Waals surface area contributed by atoms with Gasteiger partial charge in [-0.1, -0.05) is 125 Å². The molecule has 0 saturated heterocycles. The van der Waals surface area contributed by atoms with Crippen molar-refractivity contribution in [1.82, 2.24) is 0 Å². The summed E-state index contributed by atoms with van der Waals surface area (Å²) in [6.07, 6.45) is 35.6. The molecule has 0 spiro atoms. The molecular formula is C22H32. The van der Waals surface area contributed by atoms with Gasteiger partial charge in [0, 0.05) is 0 Å². The number of rotatable bonds is 13. The highest BCUT2D eigenvalue weighted by Gasteiger charge is 1.87. The molecule has 0 aromatic rings. The number of unbranched alkanes of at least 4 members (excludes halogenated alkanes) is 6. The monoisotopic (exact) mass is 296 g/mol. The van der Waals surface area contributed by atoms with Crippen LogP contribution in [0.15, 0.2) is 85.6 Å². The molecule has 0 fully saturated rings. The summed E-state index contributed by atoms with van der Waals surface area (Å²) >= 11 is 0. The van der Waals surface area contributed by atoms with Crippen molar-refractivity contribution in [1.29, 1.82) is 0 Å². The van der Waals surface area contributed by atoms with E-state index in [1.54, 1.807) is 6.08 Å². The molecule has 0 heteroatoms. The summed E-state index contributed by atoms with van der Waals surface area (Å²) in [7, 11) is 0. The van der Waals surface area contributed by atoms with Crippen LogP contribution in [0.1, 0.15) is 51.9 Å². The van der Waals surface area contributed by atoms with E-state index in [-0.39, 0.29) is 0 Å². The number of hydrogen-bond acceptors (Lipinski definition) is 0. The van der Waals surface area contributed by atoms with E-state index in [9.17, 15) is 0 Å². The average molecular weight is 296 g/mol. The molecular weight excluding hydrogens is 264 g/mol. The second-order valence-corrected chi connectivity index (χ2v) is 5.14. The zero-order valence-electron chi connectivity index (χ0n) is 14.2. The lowest BCUT2D eigenvalue weighted by Gasteiger charge is -1.97. The predicted molar refractivity (Wildman–Crippen MR) is 103 cm³/mol. The van der Waals surface area contributed by atoms with E-state index < -0.39 is 0 Å². The maximum Gasteiger partial charge on any atom is -0.0348 e. The summed E-state index contributed by atoms with van der Waals surface area (Å²) in [5.74, 6) is 0. The van der Waals surface area contributed by atoms with Crippen LogP contribution in [-0.2, 0) is 0 Å². The van der Waals surface area contributed by atoms with E-state index >= 15 is 0 Å². The third-order valence-corrected chi connectivity index (χ3v) is 3.11. The summed E-state index contributed by atoms with van der Waals surface area (Å²) in [6, 6.07) is 0. The van der Waals surface area contributed by atoms with Gasteiger partial charge in [-0.2, -0.15) is 0 Å². The van der Waals surface area contributed by atoms with Crippen LogP contribution in [-0.4, -0.2) is 0 Å². The van der Waals surface area contributed by atoms with Crippen molar-refractivity contribution >= 4 is 0 Å². The molecule has 0 aromatic heterocycles. The van der Waals surface area contributed by atoms with Gasteiger partial charge in [-0.15, -0.1) is 0 Å².